The number of nitrogens with one attached hydrogen (secondary N) is 1. The zero-order valence-electron chi connectivity index (χ0n) is 11.2. The third kappa shape index (κ3) is 3.07. The number of nitriles is 1. The molecule has 0 radical (unpaired) electrons. The Morgan fingerprint density at radius 3 is 2.52 bits per heavy atom. The predicted octanol–water partition coefficient (Wildman–Crippen LogP) is 1.96. The molecule has 108 valence electrons. The molecule has 0 saturated heterocycles. The van der Waals surface area contributed by atoms with Crippen molar-refractivity contribution in [3.8, 4) is 11.8 Å². The van der Waals surface area contributed by atoms with Crippen molar-refractivity contribution in [3.05, 3.63) is 47.5 Å². The SMILES string of the molecule is Cc1cc(S(=O)(=O)Nc2ccc(O)cc2N)ccc1C#N. The quantitative estimate of drug-likeness (QED) is 0.592. The first-order valence-corrected chi connectivity index (χ1v) is 7.44. The van der Waals surface area contributed by atoms with Crippen molar-refractivity contribution in [1.29, 1.82) is 5.26 Å². The van der Waals surface area contributed by atoms with Gasteiger partial charge in [-0.3, -0.25) is 4.72 Å². The lowest BCUT2D eigenvalue weighted by atomic mass is 10.1. The molecule has 0 aliphatic rings. The number of rotatable bonds is 3. The van der Waals surface area contributed by atoms with E-state index in [1.165, 1.54) is 36.4 Å². The van der Waals surface area contributed by atoms with E-state index in [4.69, 9.17) is 11.0 Å². The van der Waals surface area contributed by atoms with Gasteiger partial charge in [0.05, 0.1) is 27.9 Å². The summed E-state index contributed by atoms with van der Waals surface area (Å²) in [6.45, 7) is 1.66. The van der Waals surface area contributed by atoms with Gasteiger partial charge in [-0.05, 0) is 42.8 Å². The number of hydrogen-bond acceptors (Lipinski definition) is 5. The van der Waals surface area contributed by atoms with Gasteiger partial charge < -0.3 is 10.8 Å². The summed E-state index contributed by atoms with van der Waals surface area (Å²) < 4.78 is 26.9. The average molecular weight is 303 g/mol. The summed E-state index contributed by atoms with van der Waals surface area (Å²) in [5, 5.41) is 18.1. The molecule has 0 atom stereocenters. The number of phenolic OH excluding ortho intramolecular Hbond substituents is 1. The topological polar surface area (TPSA) is 116 Å². The maximum atomic E-state index is 12.3. The fraction of sp³-hybridized carbons (Fsp3) is 0.0714. The van der Waals surface area contributed by atoms with Crippen molar-refractivity contribution < 1.29 is 13.5 Å². The molecule has 2 aromatic carbocycles. The molecule has 0 heterocycles. The van der Waals surface area contributed by atoms with Gasteiger partial charge in [0.1, 0.15) is 5.75 Å². The van der Waals surface area contributed by atoms with Crippen LogP contribution in [0.4, 0.5) is 11.4 Å². The van der Waals surface area contributed by atoms with Gasteiger partial charge in [0.25, 0.3) is 10.0 Å². The van der Waals surface area contributed by atoms with Crippen molar-refractivity contribution in [2.24, 2.45) is 0 Å². The Morgan fingerprint density at radius 2 is 1.95 bits per heavy atom. The highest BCUT2D eigenvalue weighted by Gasteiger charge is 2.16. The molecular weight excluding hydrogens is 290 g/mol. The maximum absolute atomic E-state index is 12.3. The highest BCUT2D eigenvalue weighted by atomic mass is 32.2. The van der Waals surface area contributed by atoms with Crippen LogP contribution in [0.1, 0.15) is 11.1 Å². The molecule has 0 unspecified atom stereocenters. The van der Waals surface area contributed by atoms with Crippen molar-refractivity contribution >= 4 is 21.4 Å². The minimum atomic E-state index is -3.82. The van der Waals surface area contributed by atoms with E-state index < -0.39 is 10.0 Å². The van der Waals surface area contributed by atoms with Crippen molar-refractivity contribution in [2.45, 2.75) is 11.8 Å². The van der Waals surface area contributed by atoms with Crippen LogP contribution >= 0.6 is 0 Å². The van der Waals surface area contributed by atoms with E-state index in [0.29, 0.717) is 11.1 Å². The van der Waals surface area contributed by atoms with E-state index in [9.17, 15) is 13.5 Å². The number of sulfonamides is 1. The molecule has 0 aliphatic heterocycles. The first kappa shape index (κ1) is 14.7. The number of nitrogen functional groups attached to an aromatic ring is 1. The van der Waals surface area contributed by atoms with E-state index in [1.54, 1.807) is 6.92 Å². The van der Waals surface area contributed by atoms with E-state index in [0.717, 1.165) is 0 Å². The number of phenols is 1. The van der Waals surface area contributed by atoms with E-state index in [-0.39, 0.29) is 22.0 Å². The lowest BCUT2D eigenvalue weighted by Gasteiger charge is -2.11. The molecule has 0 fully saturated rings. The Labute approximate surface area is 122 Å². The number of nitrogens with zero attached hydrogens (tertiary/aromatic N) is 1. The smallest absolute Gasteiger partial charge is 0.261 e. The lowest BCUT2D eigenvalue weighted by molar-refractivity contribution is 0.475. The first-order valence-electron chi connectivity index (χ1n) is 5.95. The summed E-state index contributed by atoms with van der Waals surface area (Å²) >= 11 is 0. The number of anilines is 2. The molecule has 2 rings (SSSR count). The minimum Gasteiger partial charge on any atom is -0.508 e. The second-order valence-electron chi connectivity index (χ2n) is 4.47. The third-order valence-corrected chi connectivity index (χ3v) is 4.27. The highest BCUT2D eigenvalue weighted by molar-refractivity contribution is 7.92. The second kappa shape index (κ2) is 5.34. The van der Waals surface area contributed by atoms with Gasteiger partial charge in [-0.15, -0.1) is 0 Å². The second-order valence-corrected chi connectivity index (χ2v) is 6.15. The number of aromatic hydroxyl groups is 1. The lowest BCUT2D eigenvalue weighted by Crippen LogP contribution is -2.14. The summed E-state index contributed by atoms with van der Waals surface area (Å²) in [6, 6.07) is 10.1. The molecule has 6 nitrogen and oxygen atoms in total. The molecular formula is C14H13N3O3S. The van der Waals surface area contributed by atoms with Crippen LogP contribution in [0.25, 0.3) is 0 Å². The molecule has 0 amide bonds. The average Bonchev–Trinajstić information content (AvgIpc) is 2.42. The van der Waals surface area contributed by atoms with E-state index >= 15 is 0 Å². The third-order valence-electron chi connectivity index (χ3n) is 2.91. The number of nitrogens with two attached hydrogens (primary N) is 1. The Balaban J connectivity index is 2.39. The largest absolute Gasteiger partial charge is 0.508 e. The fourth-order valence-corrected chi connectivity index (χ4v) is 2.95. The number of aryl methyl sites for hydroxylation is 1. The van der Waals surface area contributed by atoms with Crippen molar-refractivity contribution in [2.75, 3.05) is 10.5 Å². The molecule has 2 aromatic rings. The summed E-state index contributed by atoms with van der Waals surface area (Å²) in [7, 11) is -3.82. The van der Waals surface area contributed by atoms with Crippen LogP contribution < -0.4 is 10.5 Å². The molecule has 0 aliphatic carbocycles. The van der Waals surface area contributed by atoms with Gasteiger partial charge in [-0.2, -0.15) is 5.26 Å². The molecule has 4 N–H and O–H groups in total. The van der Waals surface area contributed by atoms with Crippen LogP contribution in [-0.4, -0.2) is 13.5 Å². The zero-order valence-corrected chi connectivity index (χ0v) is 12.0. The summed E-state index contributed by atoms with van der Waals surface area (Å²) in [6.07, 6.45) is 0. The molecule has 7 heteroatoms. The highest BCUT2D eigenvalue weighted by Crippen LogP contribution is 2.26. The molecule has 0 saturated carbocycles. The number of hydrogen-bond donors (Lipinski definition) is 3. The Hall–Kier alpha value is -2.72. The summed E-state index contributed by atoms with van der Waals surface area (Å²) in [5.74, 6) is -0.0512. The summed E-state index contributed by atoms with van der Waals surface area (Å²) in [5.41, 5.74) is 6.93. The van der Waals surface area contributed by atoms with Crippen LogP contribution in [0, 0.1) is 18.3 Å². The molecule has 0 spiro atoms. The maximum Gasteiger partial charge on any atom is 0.261 e. The van der Waals surface area contributed by atoms with E-state index in [1.807, 2.05) is 6.07 Å². The monoisotopic (exact) mass is 303 g/mol. The van der Waals surface area contributed by atoms with Crippen LogP contribution in [-0.2, 0) is 10.0 Å². The van der Waals surface area contributed by atoms with Crippen LogP contribution in [0.2, 0.25) is 0 Å². The van der Waals surface area contributed by atoms with Crippen LogP contribution in [0.3, 0.4) is 0 Å². The van der Waals surface area contributed by atoms with Gasteiger partial charge in [-0.25, -0.2) is 8.42 Å². The van der Waals surface area contributed by atoms with Crippen molar-refractivity contribution in [1.82, 2.24) is 0 Å². The fourth-order valence-electron chi connectivity index (χ4n) is 1.78. The standard InChI is InChI=1S/C14H13N3O3S/c1-9-6-12(4-2-10(9)8-15)21(19,20)17-14-5-3-11(18)7-13(14)16/h2-7,17-18H,16H2,1H3. The first-order chi connectivity index (χ1) is 9.83. The Morgan fingerprint density at radius 1 is 1.24 bits per heavy atom. The van der Waals surface area contributed by atoms with Gasteiger partial charge in [0.2, 0.25) is 0 Å². The Kier molecular flexibility index (Phi) is 3.74. The Bertz CT molecular complexity index is 839. The molecule has 21 heavy (non-hydrogen) atoms. The van der Waals surface area contributed by atoms with Gasteiger partial charge >= 0.3 is 0 Å². The number of benzene rings is 2. The van der Waals surface area contributed by atoms with Crippen LogP contribution in [0.5, 0.6) is 5.75 Å². The molecule has 0 aromatic heterocycles. The predicted molar refractivity (Wildman–Crippen MR) is 79.2 cm³/mol. The normalized spacial score (nSPS) is 10.9. The van der Waals surface area contributed by atoms with Crippen molar-refractivity contribution in [3.63, 3.8) is 0 Å². The van der Waals surface area contributed by atoms with E-state index in [2.05, 4.69) is 4.72 Å². The minimum absolute atomic E-state index is 0.0338. The van der Waals surface area contributed by atoms with Gasteiger partial charge in [-0.1, -0.05) is 0 Å². The van der Waals surface area contributed by atoms with Gasteiger partial charge in [0, 0.05) is 6.07 Å². The zero-order chi connectivity index (χ0) is 15.6. The van der Waals surface area contributed by atoms with Gasteiger partial charge in [0.15, 0.2) is 0 Å². The molecule has 0 bridgehead atoms. The summed E-state index contributed by atoms with van der Waals surface area (Å²) in [4.78, 5) is 0.0338. The van der Waals surface area contributed by atoms with Crippen LogP contribution in [0.15, 0.2) is 41.3 Å².